The van der Waals surface area contributed by atoms with E-state index in [4.69, 9.17) is 9.15 Å². The largest absolute Gasteiger partial charge is 0.480 e. The lowest BCUT2D eigenvalue weighted by molar-refractivity contribution is -0.144. The molecule has 1 N–H and O–H groups in total. The second-order valence-corrected chi connectivity index (χ2v) is 8.52. The third kappa shape index (κ3) is 6.65. The first-order valence-electron chi connectivity index (χ1n) is 11.8. The Morgan fingerprint density at radius 3 is 2.63 bits per heavy atom. The number of rotatable bonds is 11. The minimum absolute atomic E-state index is 0.238. The van der Waals surface area contributed by atoms with Crippen molar-refractivity contribution in [1.82, 2.24) is 20.2 Å². The highest BCUT2D eigenvalue weighted by Gasteiger charge is 2.25. The van der Waals surface area contributed by atoms with Gasteiger partial charge in [0.1, 0.15) is 11.8 Å². The molecule has 0 aliphatic heterocycles. The molecule has 9 heteroatoms. The maximum absolute atomic E-state index is 12.5. The van der Waals surface area contributed by atoms with E-state index in [2.05, 4.69) is 15.3 Å². The van der Waals surface area contributed by atoms with Gasteiger partial charge in [0.15, 0.2) is 5.76 Å². The van der Waals surface area contributed by atoms with Crippen LogP contribution in [0.1, 0.15) is 57.4 Å². The number of oxazole rings is 1. The average molecular weight is 481 g/mol. The maximum Gasteiger partial charge on any atom is 0.311 e. The minimum Gasteiger partial charge on any atom is -0.480 e. The predicted molar refractivity (Wildman–Crippen MR) is 132 cm³/mol. The van der Waals surface area contributed by atoms with E-state index in [0.717, 1.165) is 30.2 Å². The molecule has 0 radical (unpaired) electrons. The molecule has 0 saturated heterocycles. The fourth-order valence-corrected chi connectivity index (χ4v) is 3.71. The molecule has 2 heterocycles. The van der Waals surface area contributed by atoms with E-state index >= 15 is 0 Å². The van der Waals surface area contributed by atoms with Gasteiger partial charge in [0.2, 0.25) is 11.8 Å². The van der Waals surface area contributed by atoms with Crippen molar-refractivity contribution in [1.29, 1.82) is 0 Å². The fraction of sp³-hybridized carbons (Fsp3) is 0.423. The van der Waals surface area contributed by atoms with Crippen molar-refractivity contribution in [2.45, 2.75) is 51.5 Å². The van der Waals surface area contributed by atoms with E-state index in [0.29, 0.717) is 42.4 Å². The number of hydrogen-bond donors (Lipinski definition) is 1. The SMILES string of the molecule is CCC(=O)CCCCCC(NC(=O)C(=O)N(C)C)c1ncc(-c2cc3ccccc3nc2OC)o1. The molecule has 0 aliphatic carbocycles. The van der Waals surface area contributed by atoms with Crippen molar-refractivity contribution >= 4 is 28.5 Å². The molecule has 1 atom stereocenters. The molecule has 0 spiro atoms. The Morgan fingerprint density at radius 1 is 1.14 bits per heavy atom. The number of fused-ring (bicyclic) bond motifs is 1. The number of hydrogen-bond acceptors (Lipinski definition) is 7. The zero-order valence-electron chi connectivity index (χ0n) is 20.7. The van der Waals surface area contributed by atoms with Crippen LogP contribution in [0.5, 0.6) is 5.88 Å². The van der Waals surface area contributed by atoms with Crippen LogP contribution < -0.4 is 10.1 Å². The van der Waals surface area contributed by atoms with Crippen LogP contribution in [0, 0.1) is 0 Å². The summed E-state index contributed by atoms with van der Waals surface area (Å²) in [4.78, 5) is 46.3. The number of Topliss-reactive ketones (excluding diaryl/α,β-unsaturated/α-hetero) is 1. The van der Waals surface area contributed by atoms with Crippen LogP contribution in [0.25, 0.3) is 22.2 Å². The Hall–Kier alpha value is -3.75. The Labute approximate surface area is 204 Å². The second-order valence-electron chi connectivity index (χ2n) is 8.52. The summed E-state index contributed by atoms with van der Waals surface area (Å²) in [5, 5.41) is 3.67. The average Bonchev–Trinajstić information content (AvgIpc) is 3.36. The van der Waals surface area contributed by atoms with E-state index < -0.39 is 17.9 Å². The van der Waals surface area contributed by atoms with Gasteiger partial charge in [-0.2, -0.15) is 0 Å². The number of para-hydroxylation sites is 1. The van der Waals surface area contributed by atoms with Gasteiger partial charge in [0, 0.05) is 32.3 Å². The van der Waals surface area contributed by atoms with E-state index in [1.165, 1.54) is 26.1 Å². The molecule has 35 heavy (non-hydrogen) atoms. The van der Waals surface area contributed by atoms with Crippen LogP contribution in [0.3, 0.4) is 0 Å². The van der Waals surface area contributed by atoms with E-state index in [9.17, 15) is 14.4 Å². The lowest BCUT2D eigenvalue weighted by Crippen LogP contribution is -2.41. The summed E-state index contributed by atoms with van der Waals surface area (Å²) in [5.74, 6) is -0.0137. The van der Waals surface area contributed by atoms with Crippen LogP contribution in [-0.2, 0) is 14.4 Å². The van der Waals surface area contributed by atoms with Crippen LogP contribution in [0.2, 0.25) is 0 Å². The van der Waals surface area contributed by atoms with Gasteiger partial charge in [-0.05, 0) is 25.0 Å². The van der Waals surface area contributed by atoms with Crippen molar-refractivity contribution in [2.75, 3.05) is 21.2 Å². The van der Waals surface area contributed by atoms with Crippen molar-refractivity contribution in [2.24, 2.45) is 0 Å². The van der Waals surface area contributed by atoms with Crippen molar-refractivity contribution in [3.05, 3.63) is 42.4 Å². The molecule has 0 aliphatic rings. The van der Waals surface area contributed by atoms with Gasteiger partial charge in [-0.15, -0.1) is 0 Å². The Balaban J connectivity index is 1.82. The number of ketones is 1. The first-order valence-corrected chi connectivity index (χ1v) is 11.8. The molecule has 2 aromatic heterocycles. The molecule has 0 saturated carbocycles. The standard InChI is InChI=1S/C26H32N4O5/c1-5-18(31)12-7-6-8-14-21(28-23(32)26(33)30(2)3)25-27-16-22(35-25)19-15-17-11-9-10-13-20(17)29-24(19)34-4/h9-11,13,15-16,21H,5-8,12,14H2,1-4H3,(H,28,32). The number of nitrogens with one attached hydrogen (secondary N) is 1. The van der Waals surface area contributed by atoms with Crippen molar-refractivity contribution < 1.29 is 23.5 Å². The number of unbranched alkanes of at least 4 members (excludes halogenated alkanes) is 2. The van der Waals surface area contributed by atoms with Crippen LogP contribution in [-0.4, -0.2) is 53.7 Å². The summed E-state index contributed by atoms with van der Waals surface area (Å²) in [6.07, 6.45) is 5.49. The molecule has 186 valence electrons. The molecule has 9 nitrogen and oxygen atoms in total. The highest BCUT2D eigenvalue weighted by atomic mass is 16.5. The molecule has 0 bridgehead atoms. The normalized spacial score (nSPS) is 11.8. The summed E-state index contributed by atoms with van der Waals surface area (Å²) in [7, 11) is 4.57. The number of likely N-dealkylation sites (N-methyl/N-ethyl adjacent to an activating group) is 1. The zero-order valence-corrected chi connectivity index (χ0v) is 20.7. The van der Waals surface area contributed by atoms with Gasteiger partial charge in [0.05, 0.1) is 24.4 Å². The van der Waals surface area contributed by atoms with Gasteiger partial charge >= 0.3 is 11.8 Å². The third-order valence-corrected chi connectivity index (χ3v) is 5.72. The van der Waals surface area contributed by atoms with Gasteiger partial charge in [-0.25, -0.2) is 9.97 Å². The van der Waals surface area contributed by atoms with Crippen LogP contribution in [0.4, 0.5) is 0 Å². The summed E-state index contributed by atoms with van der Waals surface area (Å²) < 4.78 is 11.5. The number of nitrogens with zero attached hydrogens (tertiary/aromatic N) is 3. The molecule has 1 unspecified atom stereocenters. The fourth-order valence-electron chi connectivity index (χ4n) is 3.71. The number of benzene rings is 1. The summed E-state index contributed by atoms with van der Waals surface area (Å²) in [5.41, 5.74) is 1.43. The predicted octanol–water partition coefficient (Wildman–Crippen LogP) is 4.07. The van der Waals surface area contributed by atoms with Crippen molar-refractivity contribution in [3.63, 3.8) is 0 Å². The number of pyridine rings is 1. The van der Waals surface area contributed by atoms with E-state index in [-0.39, 0.29) is 5.78 Å². The summed E-state index contributed by atoms with van der Waals surface area (Å²) in [6, 6.07) is 8.99. The number of carbonyl (C=O) groups is 3. The Morgan fingerprint density at radius 2 is 1.91 bits per heavy atom. The minimum atomic E-state index is -0.731. The topological polar surface area (TPSA) is 115 Å². The maximum atomic E-state index is 12.5. The number of ether oxygens (including phenoxy) is 1. The summed E-state index contributed by atoms with van der Waals surface area (Å²) >= 11 is 0. The van der Waals surface area contributed by atoms with Crippen LogP contribution in [0.15, 0.2) is 40.9 Å². The first kappa shape index (κ1) is 25.9. The smallest absolute Gasteiger partial charge is 0.311 e. The number of carbonyl (C=O) groups excluding carboxylic acids is 3. The summed E-state index contributed by atoms with van der Waals surface area (Å²) in [6.45, 7) is 1.86. The van der Waals surface area contributed by atoms with Gasteiger partial charge < -0.3 is 19.4 Å². The first-order chi connectivity index (χ1) is 16.8. The van der Waals surface area contributed by atoms with Gasteiger partial charge in [-0.3, -0.25) is 14.4 Å². The molecule has 3 aromatic rings. The Bertz CT molecular complexity index is 1190. The van der Waals surface area contributed by atoms with E-state index in [1.807, 2.05) is 37.3 Å². The number of methoxy groups -OCH3 is 1. The zero-order chi connectivity index (χ0) is 25.4. The highest BCUT2D eigenvalue weighted by Crippen LogP contribution is 2.33. The highest BCUT2D eigenvalue weighted by molar-refractivity contribution is 6.34. The quantitative estimate of drug-likeness (QED) is 0.325. The molecule has 1 aromatic carbocycles. The second kappa shape index (κ2) is 12.1. The number of amides is 2. The van der Waals surface area contributed by atoms with Crippen molar-refractivity contribution in [3.8, 4) is 17.2 Å². The van der Waals surface area contributed by atoms with E-state index in [1.54, 1.807) is 6.20 Å². The monoisotopic (exact) mass is 480 g/mol. The molecule has 2 amide bonds. The Kier molecular flexibility index (Phi) is 8.94. The molecular weight excluding hydrogens is 448 g/mol. The number of aromatic nitrogens is 2. The lowest BCUT2D eigenvalue weighted by Gasteiger charge is -2.17. The molecule has 3 rings (SSSR count). The lowest BCUT2D eigenvalue weighted by atomic mass is 10.0. The molecular formula is C26H32N4O5. The van der Waals surface area contributed by atoms with Crippen LogP contribution >= 0.6 is 0 Å². The van der Waals surface area contributed by atoms with Gasteiger partial charge in [-0.1, -0.05) is 38.0 Å². The molecule has 0 fully saturated rings. The third-order valence-electron chi connectivity index (χ3n) is 5.72. The van der Waals surface area contributed by atoms with Gasteiger partial charge in [0.25, 0.3) is 0 Å².